The van der Waals surface area contributed by atoms with Gasteiger partial charge >= 0.3 is 0 Å². The first-order chi connectivity index (χ1) is 9.83. The van der Waals surface area contributed by atoms with Crippen molar-refractivity contribution in [2.75, 3.05) is 4.72 Å². The maximum Gasteiger partial charge on any atom is 0.262 e. The number of anilines is 1. The Labute approximate surface area is 131 Å². The second-order valence-electron chi connectivity index (χ2n) is 4.53. The van der Waals surface area contributed by atoms with Gasteiger partial charge in [0.25, 0.3) is 10.0 Å². The summed E-state index contributed by atoms with van der Waals surface area (Å²) in [7, 11) is -3.77. The van der Waals surface area contributed by atoms with Crippen LogP contribution in [0.4, 0.5) is 10.1 Å². The minimum absolute atomic E-state index is 0.154. The highest BCUT2D eigenvalue weighted by Crippen LogP contribution is 2.27. The summed E-state index contributed by atoms with van der Waals surface area (Å²) in [5, 5.41) is 0. The van der Waals surface area contributed by atoms with E-state index in [9.17, 15) is 12.8 Å². The molecule has 112 valence electrons. The fourth-order valence-electron chi connectivity index (χ4n) is 1.83. The molecule has 0 fully saturated rings. The van der Waals surface area contributed by atoms with Crippen molar-refractivity contribution in [3.05, 3.63) is 57.8 Å². The zero-order valence-electron chi connectivity index (χ0n) is 11.2. The first-order valence-electron chi connectivity index (χ1n) is 6.11. The summed E-state index contributed by atoms with van der Waals surface area (Å²) in [4.78, 5) is 0.154. The predicted octanol–water partition coefficient (Wildman–Crippen LogP) is 3.16. The standard InChI is InChI=1S/C14H14BrFN2O2S/c1-9-2-3-10(8-17)6-14(9)21(19,20)18-13-5-4-11(16)7-12(13)15/h2-7,18H,8,17H2,1H3. The Morgan fingerprint density at radius 2 is 1.95 bits per heavy atom. The van der Waals surface area contributed by atoms with Gasteiger partial charge in [-0.05, 0) is 58.2 Å². The average Bonchev–Trinajstić information content (AvgIpc) is 2.42. The van der Waals surface area contributed by atoms with Gasteiger partial charge in [0, 0.05) is 11.0 Å². The van der Waals surface area contributed by atoms with Crippen LogP contribution in [0.2, 0.25) is 0 Å². The molecule has 0 saturated carbocycles. The maximum absolute atomic E-state index is 13.0. The molecule has 0 saturated heterocycles. The van der Waals surface area contributed by atoms with E-state index in [-0.39, 0.29) is 17.1 Å². The molecule has 0 bridgehead atoms. The Bertz CT molecular complexity index is 779. The van der Waals surface area contributed by atoms with E-state index in [1.807, 2.05) is 0 Å². The summed E-state index contributed by atoms with van der Waals surface area (Å²) in [5.74, 6) is -0.453. The molecule has 0 atom stereocenters. The Hall–Kier alpha value is -1.44. The summed E-state index contributed by atoms with van der Waals surface area (Å²) < 4.78 is 40.7. The average molecular weight is 373 g/mol. The van der Waals surface area contributed by atoms with Crippen LogP contribution in [0.3, 0.4) is 0 Å². The normalized spacial score (nSPS) is 11.4. The van der Waals surface area contributed by atoms with Crippen LogP contribution in [0.5, 0.6) is 0 Å². The number of rotatable bonds is 4. The van der Waals surface area contributed by atoms with Gasteiger partial charge in [-0.25, -0.2) is 12.8 Å². The molecule has 3 N–H and O–H groups in total. The third-order valence-electron chi connectivity index (χ3n) is 2.95. The van der Waals surface area contributed by atoms with Crippen molar-refractivity contribution in [3.63, 3.8) is 0 Å². The highest BCUT2D eigenvalue weighted by atomic mass is 79.9. The third kappa shape index (κ3) is 3.61. The van der Waals surface area contributed by atoms with Crippen LogP contribution >= 0.6 is 15.9 Å². The van der Waals surface area contributed by atoms with Crippen LogP contribution in [0, 0.1) is 12.7 Å². The largest absolute Gasteiger partial charge is 0.326 e. The summed E-state index contributed by atoms with van der Waals surface area (Å²) in [6, 6.07) is 8.76. The van der Waals surface area contributed by atoms with Crippen LogP contribution in [-0.2, 0) is 16.6 Å². The van der Waals surface area contributed by atoms with Crippen molar-refractivity contribution in [1.29, 1.82) is 0 Å². The SMILES string of the molecule is Cc1ccc(CN)cc1S(=O)(=O)Nc1ccc(F)cc1Br. The van der Waals surface area contributed by atoms with Gasteiger partial charge in [-0.3, -0.25) is 4.72 Å². The van der Waals surface area contributed by atoms with E-state index in [0.717, 1.165) is 5.56 Å². The number of sulfonamides is 1. The number of nitrogens with two attached hydrogens (primary N) is 1. The second-order valence-corrected chi connectivity index (χ2v) is 7.04. The molecule has 0 unspecified atom stereocenters. The van der Waals surface area contributed by atoms with Gasteiger partial charge in [0.05, 0.1) is 10.6 Å². The molecule has 21 heavy (non-hydrogen) atoms. The van der Waals surface area contributed by atoms with Gasteiger partial charge in [0.2, 0.25) is 0 Å². The number of aryl methyl sites for hydroxylation is 1. The van der Waals surface area contributed by atoms with E-state index < -0.39 is 15.8 Å². The molecule has 0 aromatic heterocycles. The lowest BCUT2D eigenvalue weighted by molar-refractivity contribution is 0.600. The molecular formula is C14H14BrFN2O2S. The Morgan fingerprint density at radius 1 is 1.24 bits per heavy atom. The summed E-state index contributed by atoms with van der Waals surface area (Å²) in [6.07, 6.45) is 0. The van der Waals surface area contributed by atoms with Crippen LogP contribution in [-0.4, -0.2) is 8.42 Å². The molecular weight excluding hydrogens is 359 g/mol. The molecule has 7 heteroatoms. The topological polar surface area (TPSA) is 72.2 Å². The van der Waals surface area contributed by atoms with Crippen molar-refractivity contribution in [2.45, 2.75) is 18.4 Å². The highest BCUT2D eigenvalue weighted by Gasteiger charge is 2.18. The fraction of sp³-hybridized carbons (Fsp3) is 0.143. The summed E-state index contributed by atoms with van der Waals surface area (Å²) in [5.41, 5.74) is 7.14. The van der Waals surface area contributed by atoms with E-state index in [1.54, 1.807) is 19.1 Å². The van der Waals surface area contributed by atoms with Crippen molar-refractivity contribution in [1.82, 2.24) is 0 Å². The van der Waals surface area contributed by atoms with Crippen LogP contribution < -0.4 is 10.5 Å². The molecule has 0 spiro atoms. The second kappa shape index (κ2) is 6.13. The van der Waals surface area contributed by atoms with E-state index in [1.165, 1.54) is 24.3 Å². The number of nitrogens with one attached hydrogen (secondary N) is 1. The third-order valence-corrected chi connectivity index (χ3v) is 5.12. The number of benzene rings is 2. The zero-order chi connectivity index (χ0) is 15.6. The van der Waals surface area contributed by atoms with E-state index >= 15 is 0 Å². The molecule has 2 aromatic rings. The van der Waals surface area contributed by atoms with Crippen molar-refractivity contribution in [3.8, 4) is 0 Å². The van der Waals surface area contributed by atoms with E-state index in [2.05, 4.69) is 20.7 Å². The molecule has 4 nitrogen and oxygen atoms in total. The van der Waals surface area contributed by atoms with Gasteiger partial charge in [-0.15, -0.1) is 0 Å². The first-order valence-corrected chi connectivity index (χ1v) is 8.38. The number of hydrogen-bond acceptors (Lipinski definition) is 3. The molecule has 0 aliphatic carbocycles. The zero-order valence-corrected chi connectivity index (χ0v) is 13.6. The lowest BCUT2D eigenvalue weighted by atomic mass is 10.1. The van der Waals surface area contributed by atoms with Crippen molar-refractivity contribution < 1.29 is 12.8 Å². The molecule has 0 heterocycles. The molecule has 2 aromatic carbocycles. The van der Waals surface area contributed by atoms with Crippen molar-refractivity contribution in [2.24, 2.45) is 5.73 Å². The molecule has 0 amide bonds. The van der Waals surface area contributed by atoms with E-state index in [0.29, 0.717) is 10.0 Å². The number of hydrogen-bond donors (Lipinski definition) is 2. The Balaban J connectivity index is 2.43. The fourth-order valence-corrected chi connectivity index (χ4v) is 3.79. The predicted molar refractivity (Wildman–Crippen MR) is 84.0 cm³/mol. The van der Waals surface area contributed by atoms with Crippen LogP contribution in [0.1, 0.15) is 11.1 Å². The summed E-state index contributed by atoms with van der Waals surface area (Å²) in [6.45, 7) is 1.96. The summed E-state index contributed by atoms with van der Waals surface area (Å²) >= 11 is 3.13. The minimum Gasteiger partial charge on any atom is -0.326 e. The quantitative estimate of drug-likeness (QED) is 0.865. The molecule has 0 aliphatic heterocycles. The van der Waals surface area contributed by atoms with Gasteiger partial charge in [0.1, 0.15) is 5.82 Å². The number of halogens is 2. The van der Waals surface area contributed by atoms with E-state index in [4.69, 9.17) is 5.73 Å². The minimum atomic E-state index is -3.77. The van der Waals surface area contributed by atoms with Crippen LogP contribution in [0.15, 0.2) is 45.8 Å². The van der Waals surface area contributed by atoms with Gasteiger partial charge in [0.15, 0.2) is 0 Å². The lowest BCUT2D eigenvalue weighted by Crippen LogP contribution is -2.15. The molecule has 0 radical (unpaired) electrons. The Kier molecular flexibility index (Phi) is 4.65. The van der Waals surface area contributed by atoms with Gasteiger partial charge in [-0.1, -0.05) is 12.1 Å². The lowest BCUT2D eigenvalue weighted by Gasteiger charge is -2.12. The van der Waals surface area contributed by atoms with Crippen molar-refractivity contribution >= 4 is 31.6 Å². The van der Waals surface area contributed by atoms with Gasteiger partial charge in [-0.2, -0.15) is 0 Å². The first kappa shape index (κ1) is 15.9. The monoisotopic (exact) mass is 372 g/mol. The molecule has 0 aliphatic rings. The smallest absolute Gasteiger partial charge is 0.262 e. The maximum atomic E-state index is 13.0. The molecule has 2 rings (SSSR count). The van der Waals surface area contributed by atoms with Crippen LogP contribution in [0.25, 0.3) is 0 Å². The Morgan fingerprint density at radius 3 is 2.57 bits per heavy atom. The van der Waals surface area contributed by atoms with Gasteiger partial charge < -0.3 is 5.73 Å². The highest BCUT2D eigenvalue weighted by molar-refractivity contribution is 9.10.